The lowest BCUT2D eigenvalue weighted by Crippen LogP contribution is -2.59. The standard InChI is InChI=1S/C32H48FN5O7S/c1-21-27(38(21)46-6)24-9-7-23(8-10-24)19-35-30(41)28-25(33)11-13-37(28)31(42)29(32(3,4)5)36-26(40)20-45-18-17-44-16-15-43-14-12-34-22(2)39/h7-10,25,28-29H,11-20H2,1-6H3,(H,34,39)(H,35,41)(H,36,40). The Balaban J connectivity index is 1.44. The molecule has 2 aliphatic rings. The molecular weight excluding hydrogens is 617 g/mol. The van der Waals surface area contributed by atoms with Gasteiger partial charge in [-0.1, -0.05) is 45.0 Å². The van der Waals surface area contributed by atoms with Gasteiger partial charge in [0.25, 0.3) is 0 Å². The van der Waals surface area contributed by atoms with E-state index in [-0.39, 0.29) is 45.2 Å². The van der Waals surface area contributed by atoms with Crippen LogP contribution in [0.15, 0.2) is 30.0 Å². The van der Waals surface area contributed by atoms with Crippen molar-refractivity contribution in [2.75, 3.05) is 59.0 Å². The Morgan fingerprint density at radius 1 is 1.00 bits per heavy atom. The molecule has 256 valence electrons. The molecule has 0 aromatic heterocycles. The molecule has 0 bridgehead atoms. The third kappa shape index (κ3) is 11.0. The normalized spacial score (nSPS) is 18.4. The first-order valence-corrected chi connectivity index (χ1v) is 16.7. The van der Waals surface area contributed by atoms with Crippen molar-refractivity contribution >= 4 is 41.3 Å². The van der Waals surface area contributed by atoms with Crippen LogP contribution in [0.4, 0.5) is 4.39 Å². The maximum Gasteiger partial charge on any atom is 0.246 e. The zero-order valence-corrected chi connectivity index (χ0v) is 28.5. The van der Waals surface area contributed by atoms with Gasteiger partial charge in [-0.25, -0.2) is 4.39 Å². The second-order valence-corrected chi connectivity index (χ2v) is 13.0. The van der Waals surface area contributed by atoms with Gasteiger partial charge in [0.15, 0.2) is 0 Å². The van der Waals surface area contributed by atoms with E-state index in [0.29, 0.717) is 26.4 Å². The molecule has 3 rings (SSSR count). The average molecular weight is 666 g/mol. The van der Waals surface area contributed by atoms with Crippen molar-refractivity contribution in [3.8, 4) is 0 Å². The van der Waals surface area contributed by atoms with Crippen LogP contribution in [0.3, 0.4) is 0 Å². The lowest BCUT2D eigenvalue weighted by atomic mass is 9.85. The highest BCUT2D eigenvalue weighted by molar-refractivity contribution is 7.97. The maximum atomic E-state index is 15.0. The lowest BCUT2D eigenvalue weighted by molar-refractivity contribution is -0.145. The molecule has 1 saturated heterocycles. The minimum absolute atomic E-state index is 0.0349. The molecule has 14 heteroatoms. The number of carbonyl (C=O) groups is 4. The highest BCUT2D eigenvalue weighted by Gasteiger charge is 2.46. The molecule has 1 fully saturated rings. The summed E-state index contributed by atoms with van der Waals surface area (Å²) in [7, 11) is 0. The summed E-state index contributed by atoms with van der Waals surface area (Å²) in [6, 6.07) is 5.53. The van der Waals surface area contributed by atoms with E-state index in [9.17, 15) is 19.2 Å². The van der Waals surface area contributed by atoms with Crippen LogP contribution in [0.5, 0.6) is 0 Å². The molecule has 0 radical (unpaired) electrons. The van der Waals surface area contributed by atoms with Crippen molar-refractivity contribution in [1.29, 1.82) is 0 Å². The fourth-order valence-electron chi connectivity index (χ4n) is 5.09. The minimum atomic E-state index is -1.52. The monoisotopic (exact) mass is 665 g/mol. The van der Waals surface area contributed by atoms with E-state index < -0.39 is 41.4 Å². The molecule has 4 amide bonds. The van der Waals surface area contributed by atoms with Crippen molar-refractivity contribution in [3.63, 3.8) is 0 Å². The number of nitrogens with one attached hydrogen (secondary N) is 3. The fourth-order valence-corrected chi connectivity index (χ4v) is 5.83. The van der Waals surface area contributed by atoms with Crippen LogP contribution in [0.2, 0.25) is 0 Å². The van der Waals surface area contributed by atoms with Crippen LogP contribution in [0, 0.1) is 5.41 Å². The SMILES string of the molecule is CSN1C(C)=C1c1ccc(CNC(=O)C2C(F)CCN2C(=O)C(NC(=O)COCCOCCOCCNC(C)=O)C(C)(C)C)cc1. The summed E-state index contributed by atoms with van der Waals surface area (Å²) in [6.45, 7) is 10.7. The van der Waals surface area contributed by atoms with E-state index in [0.717, 1.165) is 11.1 Å². The van der Waals surface area contributed by atoms with Crippen LogP contribution < -0.4 is 16.0 Å². The van der Waals surface area contributed by atoms with Gasteiger partial charge in [0.1, 0.15) is 24.9 Å². The Bertz CT molecular complexity index is 1240. The second-order valence-electron chi connectivity index (χ2n) is 12.2. The first-order valence-electron chi connectivity index (χ1n) is 15.5. The fraction of sp³-hybridized carbons (Fsp3) is 0.625. The molecule has 3 unspecified atom stereocenters. The molecular formula is C32H48FN5O7S. The predicted octanol–water partition coefficient (Wildman–Crippen LogP) is 2.24. The van der Waals surface area contributed by atoms with Gasteiger partial charge in [-0.2, -0.15) is 0 Å². The van der Waals surface area contributed by atoms with Crippen molar-refractivity contribution in [2.45, 2.75) is 65.8 Å². The summed E-state index contributed by atoms with van der Waals surface area (Å²) in [5.74, 6) is -1.71. The van der Waals surface area contributed by atoms with Gasteiger partial charge in [-0.3, -0.25) is 23.5 Å². The zero-order valence-electron chi connectivity index (χ0n) is 27.7. The van der Waals surface area contributed by atoms with Crippen molar-refractivity contribution in [1.82, 2.24) is 25.2 Å². The first-order chi connectivity index (χ1) is 21.8. The number of amides is 4. The number of likely N-dealkylation sites (tertiary alicyclic amines) is 1. The molecule has 3 atom stereocenters. The van der Waals surface area contributed by atoms with Gasteiger partial charge >= 0.3 is 0 Å². The van der Waals surface area contributed by atoms with E-state index in [4.69, 9.17) is 14.2 Å². The first kappa shape index (κ1) is 37.3. The minimum Gasteiger partial charge on any atom is -0.377 e. The number of ether oxygens (including phenoxy) is 3. The number of benzene rings is 1. The number of hydrogen-bond donors (Lipinski definition) is 3. The number of alkyl halides is 1. The molecule has 12 nitrogen and oxygen atoms in total. The molecule has 1 aromatic carbocycles. The largest absolute Gasteiger partial charge is 0.377 e. The molecule has 0 spiro atoms. The molecule has 2 aliphatic heterocycles. The lowest BCUT2D eigenvalue weighted by Gasteiger charge is -2.35. The molecule has 0 aliphatic carbocycles. The van der Waals surface area contributed by atoms with E-state index in [1.807, 2.05) is 30.5 Å². The summed E-state index contributed by atoms with van der Waals surface area (Å²) in [4.78, 5) is 51.6. The predicted molar refractivity (Wildman–Crippen MR) is 174 cm³/mol. The Morgan fingerprint density at radius 3 is 2.22 bits per heavy atom. The maximum absolute atomic E-state index is 15.0. The van der Waals surface area contributed by atoms with Crippen LogP contribution >= 0.6 is 11.9 Å². The van der Waals surface area contributed by atoms with Gasteiger partial charge in [-0.05, 0) is 36.3 Å². The summed E-state index contributed by atoms with van der Waals surface area (Å²) in [6.07, 6.45) is 0.532. The molecule has 3 N–H and O–H groups in total. The second kappa shape index (κ2) is 17.6. The number of allylic oxidation sites excluding steroid dienone is 1. The van der Waals surface area contributed by atoms with Crippen LogP contribution in [0.1, 0.15) is 52.2 Å². The van der Waals surface area contributed by atoms with Crippen molar-refractivity contribution < 1.29 is 37.8 Å². The molecule has 0 saturated carbocycles. The number of nitrogens with zero attached hydrogens (tertiary/aromatic N) is 2. The Kier molecular flexibility index (Phi) is 14.3. The topological polar surface area (TPSA) is 138 Å². The number of rotatable bonds is 18. The number of hydrogen-bond acceptors (Lipinski definition) is 9. The quantitative estimate of drug-likeness (QED) is 0.159. The van der Waals surface area contributed by atoms with Gasteiger partial charge in [0.2, 0.25) is 23.6 Å². The van der Waals surface area contributed by atoms with Gasteiger partial charge < -0.3 is 35.1 Å². The summed E-state index contributed by atoms with van der Waals surface area (Å²) in [5, 5.41) is 8.14. The third-order valence-corrected chi connectivity index (χ3v) is 8.39. The molecule has 46 heavy (non-hydrogen) atoms. The zero-order chi connectivity index (χ0) is 33.9. The van der Waals surface area contributed by atoms with E-state index in [1.165, 1.54) is 23.2 Å². The van der Waals surface area contributed by atoms with Crippen molar-refractivity contribution in [3.05, 3.63) is 41.1 Å². The van der Waals surface area contributed by atoms with E-state index in [2.05, 4.69) is 27.2 Å². The van der Waals surface area contributed by atoms with E-state index >= 15 is 4.39 Å². The van der Waals surface area contributed by atoms with Crippen LogP contribution in [-0.2, 0) is 39.9 Å². The Labute approximate surface area is 275 Å². The van der Waals surface area contributed by atoms with Crippen LogP contribution in [0.25, 0.3) is 5.70 Å². The Morgan fingerprint density at radius 2 is 1.63 bits per heavy atom. The van der Waals surface area contributed by atoms with Gasteiger partial charge in [0, 0.05) is 38.4 Å². The summed E-state index contributed by atoms with van der Waals surface area (Å²) in [5.41, 5.74) is 3.62. The summed E-state index contributed by atoms with van der Waals surface area (Å²) >= 11 is 1.64. The van der Waals surface area contributed by atoms with Gasteiger partial charge in [0.05, 0.1) is 44.4 Å². The molecule has 2 heterocycles. The van der Waals surface area contributed by atoms with Crippen molar-refractivity contribution in [2.24, 2.45) is 5.41 Å². The van der Waals surface area contributed by atoms with E-state index in [1.54, 1.807) is 32.7 Å². The van der Waals surface area contributed by atoms with Crippen LogP contribution in [-0.4, -0.2) is 110 Å². The average Bonchev–Trinajstić information content (AvgIpc) is 3.50. The number of halogens is 1. The third-order valence-electron chi connectivity index (χ3n) is 7.57. The summed E-state index contributed by atoms with van der Waals surface area (Å²) < 4.78 is 33.3. The Hall–Kier alpha value is -3.20. The van der Waals surface area contributed by atoms with Gasteiger partial charge in [-0.15, -0.1) is 0 Å². The highest BCUT2D eigenvalue weighted by atomic mass is 32.2. The number of carbonyl (C=O) groups excluding carboxylic acids is 4. The highest BCUT2D eigenvalue weighted by Crippen LogP contribution is 2.44. The smallest absolute Gasteiger partial charge is 0.246 e. The molecule has 1 aromatic rings.